The predicted molar refractivity (Wildman–Crippen MR) is 49.5 cm³/mol. The highest BCUT2D eigenvalue weighted by molar-refractivity contribution is 4.83. The molecule has 1 aliphatic rings. The lowest BCUT2D eigenvalue weighted by molar-refractivity contribution is -0.926. The average molecular weight is 156 g/mol. The summed E-state index contributed by atoms with van der Waals surface area (Å²) in [5, 5.41) is 0. The Morgan fingerprint density at radius 2 is 1.91 bits per heavy atom. The summed E-state index contributed by atoms with van der Waals surface area (Å²) in [7, 11) is 4.71. The summed E-state index contributed by atoms with van der Waals surface area (Å²) in [4.78, 5) is 0. The maximum absolute atomic E-state index is 2.41. The zero-order valence-corrected chi connectivity index (χ0v) is 8.65. The van der Waals surface area contributed by atoms with Gasteiger partial charge in [-0.2, -0.15) is 0 Å². The monoisotopic (exact) mass is 156 g/mol. The molecule has 1 heteroatoms. The van der Waals surface area contributed by atoms with E-state index in [1.807, 2.05) is 0 Å². The smallest absolute Gasteiger partial charge is 0.0961 e. The third kappa shape index (κ3) is 1.20. The Bertz CT molecular complexity index is 147. The highest BCUT2D eigenvalue weighted by Gasteiger charge is 2.48. The summed E-state index contributed by atoms with van der Waals surface area (Å²) in [6.45, 7) is 8.49. The maximum Gasteiger partial charge on any atom is 0.0961 e. The van der Waals surface area contributed by atoms with E-state index in [1.165, 1.54) is 23.9 Å². The fourth-order valence-electron chi connectivity index (χ4n) is 2.32. The zero-order chi connectivity index (χ0) is 8.70. The van der Waals surface area contributed by atoms with Gasteiger partial charge in [0, 0.05) is 12.3 Å². The van der Waals surface area contributed by atoms with E-state index >= 15 is 0 Å². The minimum absolute atomic E-state index is 0.495. The molecule has 1 rings (SSSR count). The van der Waals surface area contributed by atoms with Crippen LogP contribution in [0, 0.1) is 5.92 Å². The first-order valence-corrected chi connectivity index (χ1v) is 4.75. The Kier molecular flexibility index (Phi) is 2.04. The number of nitrogens with zero attached hydrogens (tertiary/aromatic N) is 1. The van der Waals surface area contributed by atoms with Gasteiger partial charge < -0.3 is 4.48 Å². The molecule has 1 atom stereocenters. The standard InChI is InChI=1S/C10H22N/c1-6-9-7-8-11(4,5)10(9,2)3/h9H,6-8H2,1-5H3/q+1. The van der Waals surface area contributed by atoms with Crippen LogP contribution in [-0.4, -0.2) is 30.7 Å². The molecule has 0 bridgehead atoms. The first kappa shape index (κ1) is 9.05. The molecule has 1 saturated heterocycles. The van der Waals surface area contributed by atoms with Crippen LogP contribution < -0.4 is 0 Å². The number of hydrogen-bond acceptors (Lipinski definition) is 0. The predicted octanol–water partition coefficient (Wildman–Crippen LogP) is 2.27. The summed E-state index contributed by atoms with van der Waals surface area (Å²) >= 11 is 0. The molecule has 1 fully saturated rings. The van der Waals surface area contributed by atoms with Crippen molar-refractivity contribution in [2.75, 3.05) is 20.6 Å². The molecule has 11 heavy (non-hydrogen) atoms. The van der Waals surface area contributed by atoms with E-state index in [0.29, 0.717) is 5.54 Å². The lowest BCUT2D eigenvalue weighted by atomic mass is 9.86. The van der Waals surface area contributed by atoms with E-state index in [4.69, 9.17) is 0 Å². The molecule has 0 radical (unpaired) electrons. The highest BCUT2D eigenvalue weighted by Crippen LogP contribution is 2.39. The fourth-order valence-corrected chi connectivity index (χ4v) is 2.32. The minimum atomic E-state index is 0.495. The summed E-state index contributed by atoms with van der Waals surface area (Å²) in [6.07, 6.45) is 2.76. The van der Waals surface area contributed by atoms with Crippen LogP contribution in [0.15, 0.2) is 0 Å². The van der Waals surface area contributed by atoms with E-state index in [-0.39, 0.29) is 0 Å². The largest absolute Gasteiger partial charge is 0.324 e. The van der Waals surface area contributed by atoms with Crippen molar-refractivity contribution in [1.82, 2.24) is 0 Å². The molecule has 66 valence electrons. The van der Waals surface area contributed by atoms with Gasteiger partial charge in [-0.05, 0) is 20.3 Å². The van der Waals surface area contributed by atoms with E-state index in [1.54, 1.807) is 0 Å². The lowest BCUT2D eigenvalue weighted by Gasteiger charge is -2.41. The maximum atomic E-state index is 2.41. The van der Waals surface area contributed by atoms with Crippen molar-refractivity contribution >= 4 is 0 Å². The van der Waals surface area contributed by atoms with E-state index in [0.717, 1.165) is 5.92 Å². The van der Waals surface area contributed by atoms with Crippen molar-refractivity contribution in [3.63, 3.8) is 0 Å². The van der Waals surface area contributed by atoms with Crippen LogP contribution in [0.25, 0.3) is 0 Å². The van der Waals surface area contributed by atoms with Crippen LogP contribution in [0.3, 0.4) is 0 Å². The van der Waals surface area contributed by atoms with E-state index in [2.05, 4.69) is 34.9 Å². The van der Waals surface area contributed by atoms with Gasteiger partial charge in [0.1, 0.15) is 0 Å². The molecule has 0 amide bonds. The van der Waals surface area contributed by atoms with E-state index < -0.39 is 0 Å². The Hall–Kier alpha value is -0.0400. The van der Waals surface area contributed by atoms with Crippen molar-refractivity contribution < 1.29 is 4.48 Å². The number of likely N-dealkylation sites (tertiary alicyclic amines) is 1. The van der Waals surface area contributed by atoms with Gasteiger partial charge in [0.05, 0.1) is 26.2 Å². The molecule has 0 aliphatic carbocycles. The van der Waals surface area contributed by atoms with Gasteiger partial charge in [-0.15, -0.1) is 0 Å². The molecular weight excluding hydrogens is 134 g/mol. The van der Waals surface area contributed by atoms with Crippen LogP contribution >= 0.6 is 0 Å². The second-order valence-electron chi connectivity index (χ2n) is 4.96. The van der Waals surface area contributed by atoms with Crippen molar-refractivity contribution in [2.45, 2.75) is 39.2 Å². The first-order chi connectivity index (χ1) is 4.92. The van der Waals surface area contributed by atoms with Crippen LogP contribution in [0.1, 0.15) is 33.6 Å². The van der Waals surface area contributed by atoms with Gasteiger partial charge in [-0.25, -0.2) is 0 Å². The fraction of sp³-hybridized carbons (Fsp3) is 1.00. The topological polar surface area (TPSA) is 0 Å². The minimum Gasteiger partial charge on any atom is -0.324 e. The van der Waals surface area contributed by atoms with Crippen LogP contribution in [0.2, 0.25) is 0 Å². The Labute approximate surface area is 71.0 Å². The number of hydrogen-bond donors (Lipinski definition) is 0. The lowest BCUT2D eigenvalue weighted by Crippen LogP contribution is -2.53. The second-order valence-corrected chi connectivity index (χ2v) is 4.96. The highest BCUT2D eigenvalue weighted by atomic mass is 15.4. The van der Waals surface area contributed by atoms with Crippen molar-refractivity contribution in [3.05, 3.63) is 0 Å². The molecule has 0 aromatic carbocycles. The number of quaternary nitrogens is 1. The van der Waals surface area contributed by atoms with Gasteiger partial charge in [-0.3, -0.25) is 0 Å². The van der Waals surface area contributed by atoms with Crippen molar-refractivity contribution in [3.8, 4) is 0 Å². The SMILES string of the molecule is CCC1CC[N+](C)(C)C1(C)C. The first-order valence-electron chi connectivity index (χ1n) is 4.75. The van der Waals surface area contributed by atoms with Gasteiger partial charge >= 0.3 is 0 Å². The van der Waals surface area contributed by atoms with Crippen molar-refractivity contribution in [1.29, 1.82) is 0 Å². The summed E-state index contributed by atoms with van der Waals surface area (Å²) in [5.41, 5.74) is 0.495. The molecule has 1 unspecified atom stereocenters. The molecular formula is C10H22N+. The van der Waals surface area contributed by atoms with Crippen LogP contribution in [0.4, 0.5) is 0 Å². The Morgan fingerprint density at radius 1 is 1.36 bits per heavy atom. The summed E-state index contributed by atoms with van der Waals surface area (Å²) in [5.74, 6) is 0.928. The van der Waals surface area contributed by atoms with Gasteiger partial charge in [0.2, 0.25) is 0 Å². The average Bonchev–Trinajstić information content (AvgIpc) is 2.05. The van der Waals surface area contributed by atoms with Crippen LogP contribution in [0.5, 0.6) is 0 Å². The summed E-state index contributed by atoms with van der Waals surface area (Å²) < 4.78 is 1.20. The zero-order valence-electron chi connectivity index (χ0n) is 8.65. The molecule has 1 heterocycles. The molecule has 0 spiro atoms. The van der Waals surface area contributed by atoms with Gasteiger partial charge in [0.15, 0.2) is 0 Å². The van der Waals surface area contributed by atoms with E-state index in [9.17, 15) is 0 Å². The molecule has 0 aromatic heterocycles. The molecule has 0 N–H and O–H groups in total. The Morgan fingerprint density at radius 3 is 2.09 bits per heavy atom. The van der Waals surface area contributed by atoms with Crippen LogP contribution in [-0.2, 0) is 0 Å². The molecule has 0 aromatic rings. The third-order valence-corrected chi connectivity index (χ3v) is 4.09. The normalized spacial score (nSPS) is 34.1. The molecule has 1 nitrogen and oxygen atoms in total. The molecule has 1 aliphatic heterocycles. The Balaban J connectivity index is 2.81. The quantitative estimate of drug-likeness (QED) is 0.511. The van der Waals surface area contributed by atoms with Gasteiger partial charge in [0.25, 0.3) is 0 Å². The molecule has 0 saturated carbocycles. The van der Waals surface area contributed by atoms with Gasteiger partial charge in [-0.1, -0.05) is 6.92 Å². The second kappa shape index (κ2) is 2.48. The number of rotatable bonds is 1. The summed E-state index contributed by atoms with van der Waals surface area (Å²) in [6, 6.07) is 0. The van der Waals surface area contributed by atoms with Crippen molar-refractivity contribution in [2.24, 2.45) is 5.92 Å². The third-order valence-electron chi connectivity index (χ3n) is 4.09.